The van der Waals surface area contributed by atoms with Gasteiger partial charge in [-0.1, -0.05) is 11.8 Å². The standard InChI is InChI=1S/C16H12FNO3/c17-14-10-11(2-1-9-19)3-8-15(14)18-16(21)12-4-6-13(20)7-5-12/h3-8,10,19-20H,9H2,(H,18,21). The number of phenols is 1. The number of aliphatic hydroxyl groups excluding tert-OH is 1. The van der Waals surface area contributed by atoms with Crippen molar-refractivity contribution >= 4 is 11.6 Å². The Kier molecular flexibility index (Phi) is 4.54. The number of hydrogen-bond acceptors (Lipinski definition) is 3. The smallest absolute Gasteiger partial charge is 0.255 e. The van der Waals surface area contributed by atoms with Crippen LogP contribution in [0.2, 0.25) is 0 Å². The Balaban J connectivity index is 2.16. The molecule has 2 aromatic carbocycles. The van der Waals surface area contributed by atoms with Crippen molar-refractivity contribution in [3.63, 3.8) is 0 Å². The zero-order valence-corrected chi connectivity index (χ0v) is 10.9. The molecular weight excluding hydrogens is 273 g/mol. The Morgan fingerprint density at radius 1 is 1.19 bits per heavy atom. The van der Waals surface area contributed by atoms with E-state index in [1.54, 1.807) is 0 Å². The normalized spacial score (nSPS) is 9.62. The number of carbonyl (C=O) groups is 1. The zero-order chi connectivity index (χ0) is 15.2. The highest BCUT2D eigenvalue weighted by Crippen LogP contribution is 2.17. The van der Waals surface area contributed by atoms with Crippen molar-refractivity contribution in [1.82, 2.24) is 0 Å². The number of rotatable bonds is 2. The summed E-state index contributed by atoms with van der Waals surface area (Å²) in [7, 11) is 0. The second-order valence-electron chi connectivity index (χ2n) is 4.16. The van der Waals surface area contributed by atoms with Crippen molar-refractivity contribution in [3.8, 4) is 17.6 Å². The average molecular weight is 285 g/mol. The fourth-order valence-corrected chi connectivity index (χ4v) is 1.64. The molecule has 0 saturated carbocycles. The van der Waals surface area contributed by atoms with Crippen molar-refractivity contribution in [2.75, 3.05) is 11.9 Å². The Morgan fingerprint density at radius 3 is 2.52 bits per heavy atom. The van der Waals surface area contributed by atoms with E-state index in [2.05, 4.69) is 17.2 Å². The van der Waals surface area contributed by atoms with Crippen molar-refractivity contribution in [2.45, 2.75) is 0 Å². The van der Waals surface area contributed by atoms with Gasteiger partial charge in [-0.05, 0) is 42.5 Å². The van der Waals surface area contributed by atoms with Crippen molar-refractivity contribution in [3.05, 3.63) is 59.4 Å². The quantitative estimate of drug-likeness (QED) is 0.740. The van der Waals surface area contributed by atoms with Gasteiger partial charge in [0.25, 0.3) is 5.91 Å². The first kappa shape index (κ1) is 14.6. The molecule has 0 unspecified atom stereocenters. The lowest BCUT2D eigenvalue weighted by molar-refractivity contribution is 0.102. The second-order valence-corrected chi connectivity index (χ2v) is 4.16. The summed E-state index contributed by atoms with van der Waals surface area (Å²) in [4.78, 5) is 11.9. The molecule has 106 valence electrons. The Bertz CT molecular complexity index is 715. The number of aromatic hydroxyl groups is 1. The molecule has 0 aromatic heterocycles. The first-order chi connectivity index (χ1) is 10.1. The first-order valence-corrected chi connectivity index (χ1v) is 6.10. The number of phenolic OH excluding ortho intramolecular Hbond substituents is 1. The van der Waals surface area contributed by atoms with Crippen molar-refractivity contribution < 1.29 is 19.4 Å². The van der Waals surface area contributed by atoms with Crippen LogP contribution in [-0.2, 0) is 0 Å². The zero-order valence-electron chi connectivity index (χ0n) is 10.9. The van der Waals surface area contributed by atoms with Crippen LogP contribution in [0.15, 0.2) is 42.5 Å². The number of anilines is 1. The predicted octanol–water partition coefficient (Wildman–Crippen LogP) is 2.13. The maximum Gasteiger partial charge on any atom is 0.255 e. The number of halogens is 1. The van der Waals surface area contributed by atoms with Crippen LogP contribution in [0.5, 0.6) is 5.75 Å². The molecule has 4 nitrogen and oxygen atoms in total. The van der Waals surface area contributed by atoms with E-state index in [4.69, 9.17) is 10.2 Å². The summed E-state index contributed by atoms with van der Waals surface area (Å²) in [6, 6.07) is 9.73. The maximum absolute atomic E-state index is 13.8. The number of aliphatic hydroxyl groups is 1. The number of benzene rings is 2. The molecule has 3 N–H and O–H groups in total. The molecular formula is C16H12FNO3. The third kappa shape index (κ3) is 3.81. The Morgan fingerprint density at radius 2 is 1.90 bits per heavy atom. The fourth-order valence-electron chi connectivity index (χ4n) is 1.64. The van der Waals surface area contributed by atoms with Gasteiger partial charge in [-0.15, -0.1) is 0 Å². The van der Waals surface area contributed by atoms with Crippen LogP contribution in [0, 0.1) is 17.7 Å². The molecule has 0 atom stereocenters. The third-order valence-electron chi connectivity index (χ3n) is 2.66. The summed E-state index contributed by atoms with van der Waals surface area (Å²) >= 11 is 0. The number of carbonyl (C=O) groups excluding carboxylic acids is 1. The highest BCUT2D eigenvalue weighted by atomic mass is 19.1. The van der Waals surface area contributed by atoms with Gasteiger partial charge in [0.15, 0.2) is 0 Å². The van der Waals surface area contributed by atoms with E-state index in [0.29, 0.717) is 11.1 Å². The number of hydrogen-bond donors (Lipinski definition) is 3. The molecule has 0 spiro atoms. The van der Waals surface area contributed by atoms with Crippen molar-refractivity contribution in [2.24, 2.45) is 0 Å². The topological polar surface area (TPSA) is 69.6 Å². The molecule has 0 fully saturated rings. The van der Waals surface area contributed by atoms with Gasteiger partial charge < -0.3 is 15.5 Å². The van der Waals surface area contributed by atoms with Crippen LogP contribution in [0.3, 0.4) is 0 Å². The molecule has 0 aliphatic carbocycles. The molecule has 21 heavy (non-hydrogen) atoms. The fraction of sp³-hybridized carbons (Fsp3) is 0.0625. The third-order valence-corrected chi connectivity index (χ3v) is 2.66. The molecule has 0 aliphatic heterocycles. The van der Waals surface area contributed by atoms with Crippen LogP contribution in [0.4, 0.5) is 10.1 Å². The van der Waals surface area contributed by atoms with Gasteiger partial charge in [-0.2, -0.15) is 0 Å². The van der Waals surface area contributed by atoms with Crippen LogP contribution < -0.4 is 5.32 Å². The van der Waals surface area contributed by atoms with Gasteiger partial charge >= 0.3 is 0 Å². The van der Waals surface area contributed by atoms with E-state index in [1.165, 1.54) is 42.5 Å². The molecule has 5 heteroatoms. The number of amides is 1. The van der Waals surface area contributed by atoms with E-state index in [-0.39, 0.29) is 18.0 Å². The molecule has 0 radical (unpaired) electrons. The van der Waals surface area contributed by atoms with Crippen LogP contribution in [0.25, 0.3) is 0 Å². The minimum Gasteiger partial charge on any atom is -0.508 e. The lowest BCUT2D eigenvalue weighted by atomic mass is 10.1. The largest absolute Gasteiger partial charge is 0.508 e. The molecule has 2 rings (SSSR count). The first-order valence-electron chi connectivity index (χ1n) is 6.10. The maximum atomic E-state index is 13.8. The Labute approximate surface area is 120 Å². The minimum absolute atomic E-state index is 0.0302. The SMILES string of the molecule is O=C(Nc1ccc(C#CCO)cc1F)c1ccc(O)cc1. The van der Waals surface area contributed by atoms with Gasteiger partial charge in [0.05, 0.1) is 5.69 Å². The summed E-state index contributed by atoms with van der Waals surface area (Å²) in [6.07, 6.45) is 0. The number of nitrogens with one attached hydrogen (secondary N) is 1. The van der Waals surface area contributed by atoms with Gasteiger partial charge in [0.1, 0.15) is 18.2 Å². The summed E-state index contributed by atoms with van der Waals surface area (Å²) in [5.74, 6) is 3.93. The van der Waals surface area contributed by atoms with E-state index in [9.17, 15) is 9.18 Å². The Hall–Kier alpha value is -2.84. The molecule has 0 heterocycles. The molecule has 2 aromatic rings. The highest BCUT2D eigenvalue weighted by molar-refractivity contribution is 6.04. The van der Waals surface area contributed by atoms with Crippen LogP contribution >= 0.6 is 0 Å². The van der Waals surface area contributed by atoms with Crippen molar-refractivity contribution in [1.29, 1.82) is 0 Å². The summed E-state index contributed by atoms with van der Waals surface area (Å²) in [6.45, 7) is -0.305. The van der Waals surface area contributed by atoms with Gasteiger partial charge in [0, 0.05) is 11.1 Å². The van der Waals surface area contributed by atoms with Gasteiger partial charge in [0.2, 0.25) is 0 Å². The van der Waals surface area contributed by atoms with E-state index < -0.39 is 11.7 Å². The van der Waals surface area contributed by atoms with Crippen LogP contribution in [0.1, 0.15) is 15.9 Å². The van der Waals surface area contributed by atoms with E-state index in [0.717, 1.165) is 0 Å². The van der Waals surface area contributed by atoms with Gasteiger partial charge in [-0.25, -0.2) is 4.39 Å². The minimum atomic E-state index is -0.619. The molecule has 0 saturated heterocycles. The average Bonchev–Trinajstić information content (AvgIpc) is 2.48. The summed E-state index contributed by atoms with van der Waals surface area (Å²) < 4.78 is 13.8. The second kappa shape index (κ2) is 6.55. The highest BCUT2D eigenvalue weighted by Gasteiger charge is 2.09. The molecule has 0 aliphatic rings. The molecule has 1 amide bonds. The van der Waals surface area contributed by atoms with Gasteiger partial charge in [-0.3, -0.25) is 4.79 Å². The monoisotopic (exact) mass is 285 g/mol. The summed E-state index contributed by atoms with van der Waals surface area (Å²) in [5.41, 5.74) is 0.739. The predicted molar refractivity (Wildman–Crippen MR) is 76.4 cm³/mol. The van der Waals surface area contributed by atoms with E-state index >= 15 is 0 Å². The lowest BCUT2D eigenvalue weighted by Crippen LogP contribution is -2.12. The van der Waals surface area contributed by atoms with Crippen LogP contribution in [-0.4, -0.2) is 22.7 Å². The van der Waals surface area contributed by atoms with E-state index in [1.807, 2.05) is 0 Å². The lowest BCUT2D eigenvalue weighted by Gasteiger charge is -2.07. The molecule has 0 bridgehead atoms. The summed E-state index contributed by atoms with van der Waals surface area (Å²) in [5, 5.41) is 20.2.